The highest BCUT2D eigenvalue weighted by Crippen LogP contribution is 2.22. The van der Waals surface area contributed by atoms with Crippen molar-refractivity contribution in [3.63, 3.8) is 0 Å². The standard InChI is InChI=1S/C12H23N3O2/c1-8(2)6-13-7-10-14-12(15-17-10)11(16-5)9(3)4/h8-9,11,13H,6-7H2,1-5H3. The second-order valence-electron chi connectivity index (χ2n) is 4.97. The Kier molecular flexibility index (Phi) is 5.58. The zero-order valence-corrected chi connectivity index (χ0v) is 11.4. The molecule has 0 aromatic carbocycles. The van der Waals surface area contributed by atoms with Crippen LogP contribution in [0.3, 0.4) is 0 Å². The molecule has 1 heterocycles. The van der Waals surface area contributed by atoms with Crippen molar-refractivity contribution in [2.75, 3.05) is 13.7 Å². The van der Waals surface area contributed by atoms with Crippen molar-refractivity contribution < 1.29 is 9.26 Å². The summed E-state index contributed by atoms with van der Waals surface area (Å²) < 4.78 is 10.5. The van der Waals surface area contributed by atoms with Crippen LogP contribution in [0.5, 0.6) is 0 Å². The van der Waals surface area contributed by atoms with Crippen LogP contribution in [0.4, 0.5) is 0 Å². The van der Waals surface area contributed by atoms with Crippen LogP contribution < -0.4 is 5.32 Å². The molecule has 0 aliphatic heterocycles. The molecule has 1 N–H and O–H groups in total. The quantitative estimate of drug-likeness (QED) is 0.792. The lowest BCUT2D eigenvalue weighted by Gasteiger charge is -2.14. The van der Waals surface area contributed by atoms with Crippen LogP contribution in [0.25, 0.3) is 0 Å². The fourth-order valence-corrected chi connectivity index (χ4v) is 1.60. The van der Waals surface area contributed by atoms with E-state index in [-0.39, 0.29) is 6.10 Å². The van der Waals surface area contributed by atoms with Gasteiger partial charge in [-0.2, -0.15) is 4.98 Å². The highest BCUT2D eigenvalue weighted by Gasteiger charge is 2.21. The van der Waals surface area contributed by atoms with Crippen LogP contribution in [0.15, 0.2) is 4.52 Å². The van der Waals surface area contributed by atoms with Gasteiger partial charge < -0.3 is 14.6 Å². The minimum atomic E-state index is -0.0994. The van der Waals surface area contributed by atoms with Crippen LogP contribution in [0, 0.1) is 11.8 Å². The fraction of sp³-hybridized carbons (Fsp3) is 0.833. The average molecular weight is 241 g/mol. The summed E-state index contributed by atoms with van der Waals surface area (Å²) in [6.07, 6.45) is -0.0994. The van der Waals surface area contributed by atoms with Crippen LogP contribution >= 0.6 is 0 Å². The number of rotatable bonds is 7. The zero-order valence-electron chi connectivity index (χ0n) is 11.4. The number of methoxy groups -OCH3 is 1. The molecule has 0 saturated carbocycles. The van der Waals surface area contributed by atoms with Gasteiger partial charge >= 0.3 is 0 Å². The summed E-state index contributed by atoms with van der Waals surface area (Å²) in [5, 5.41) is 7.22. The Morgan fingerprint density at radius 3 is 2.53 bits per heavy atom. The number of aromatic nitrogens is 2. The van der Waals surface area contributed by atoms with Gasteiger partial charge in [0, 0.05) is 7.11 Å². The van der Waals surface area contributed by atoms with Crippen LogP contribution in [-0.4, -0.2) is 23.8 Å². The van der Waals surface area contributed by atoms with Gasteiger partial charge in [-0.05, 0) is 18.4 Å². The second kappa shape index (κ2) is 6.71. The van der Waals surface area contributed by atoms with Crippen LogP contribution in [-0.2, 0) is 11.3 Å². The fourth-order valence-electron chi connectivity index (χ4n) is 1.60. The summed E-state index contributed by atoms with van der Waals surface area (Å²) in [5.41, 5.74) is 0. The molecule has 1 aromatic rings. The third-order valence-electron chi connectivity index (χ3n) is 2.43. The minimum Gasteiger partial charge on any atom is -0.373 e. The number of ether oxygens (including phenoxy) is 1. The molecule has 0 radical (unpaired) electrons. The van der Waals surface area contributed by atoms with E-state index in [1.165, 1.54) is 0 Å². The number of hydrogen-bond acceptors (Lipinski definition) is 5. The third kappa shape index (κ3) is 4.44. The van der Waals surface area contributed by atoms with E-state index < -0.39 is 0 Å². The topological polar surface area (TPSA) is 60.2 Å². The first kappa shape index (κ1) is 14.1. The highest BCUT2D eigenvalue weighted by atomic mass is 16.5. The van der Waals surface area contributed by atoms with Crippen molar-refractivity contribution in [2.45, 2.75) is 40.3 Å². The molecule has 0 amide bonds. The minimum absolute atomic E-state index is 0.0994. The highest BCUT2D eigenvalue weighted by molar-refractivity contribution is 4.92. The Bertz CT molecular complexity index is 323. The molecular weight excluding hydrogens is 218 g/mol. The van der Waals surface area contributed by atoms with Crippen LogP contribution in [0.2, 0.25) is 0 Å². The van der Waals surface area contributed by atoms with E-state index in [0.29, 0.717) is 30.1 Å². The van der Waals surface area contributed by atoms with Crippen molar-refractivity contribution in [3.05, 3.63) is 11.7 Å². The first-order valence-electron chi connectivity index (χ1n) is 6.10. The van der Waals surface area contributed by atoms with Gasteiger partial charge in [0.25, 0.3) is 0 Å². The van der Waals surface area contributed by atoms with Crippen molar-refractivity contribution in [1.29, 1.82) is 0 Å². The molecule has 1 aromatic heterocycles. The largest absolute Gasteiger partial charge is 0.373 e. The van der Waals surface area contributed by atoms with E-state index in [9.17, 15) is 0 Å². The third-order valence-corrected chi connectivity index (χ3v) is 2.43. The van der Waals surface area contributed by atoms with Gasteiger partial charge in [-0.3, -0.25) is 0 Å². The Morgan fingerprint density at radius 1 is 1.29 bits per heavy atom. The summed E-state index contributed by atoms with van der Waals surface area (Å²) in [6.45, 7) is 10.0. The van der Waals surface area contributed by atoms with E-state index in [2.05, 4.69) is 43.2 Å². The predicted octanol–water partition coefficient (Wildman–Crippen LogP) is 2.16. The maximum Gasteiger partial charge on any atom is 0.240 e. The second-order valence-corrected chi connectivity index (χ2v) is 4.97. The lowest BCUT2D eigenvalue weighted by molar-refractivity contribution is 0.0555. The van der Waals surface area contributed by atoms with Gasteiger partial charge in [0.1, 0.15) is 6.10 Å². The summed E-state index contributed by atoms with van der Waals surface area (Å²) in [6, 6.07) is 0. The van der Waals surface area contributed by atoms with Gasteiger partial charge in [0.05, 0.1) is 6.54 Å². The van der Waals surface area contributed by atoms with Crippen molar-refractivity contribution in [1.82, 2.24) is 15.5 Å². The summed E-state index contributed by atoms with van der Waals surface area (Å²) in [5.74, 6) is 2.18. The van der Waals surface area contributed by atoms with Crippen molar-refractivity contribution >= 4 is 0 Å². The first-order valence-corrected chi connectivity index (χ1v) is 6.10. The Labute approximate surface area is 103 Å². The normalized spacial score (nSPS) is 13.6. The number of nitrogens with zero attached hydrogens (tertiary/aromatic N) is 2. The van der Waals surface area contributed by atoms with Gasteiger partial charge in [-0.1, -0.05) is 32.9 Å². The molecule has 0 spiro atoms. The first-order chi connectivity index (χ1) is 8.04. The van der Waals surface area contributed by atoms with Gasteiger partial charge in [-0.25, -0.2) is 0 Å². The Hall–Kier alpha value is -0.940. The van der Waals surface area contributed by atoms with E-state index in [1.807, 2.05) is 0 Å². The molecule has 1 atom stereocenters. The molecule has 0 aliphatic rings. The monoisotopic (exact) mass is 241 g/mol. The average Bonchev–Trinajstić information content (AvgIpc) is 2.66. The van der Waals surface area contributed by atoms with E-state index in [0.717, 1.165) is 6.54 Å². The van der Waals surface area contributed by atoms with Gasteiger partial charge in [0.15, 0.2) is 0 Å². The molecular formula is C12H23N3O2. The number of nitrogens with one attached hydrogen (secondary N) is 1. The van der Waals surface area contributed by atoms with Crippen molar-refractivity contribution in [3.8, 4) is 0 Å². The molecule has 98 valence electrons. The zero-order chi connectivity index (χ0) is 12.8. The summed E-state index contributed by atoms with van der Waals surface area (Å²) in [4.78, 5) is 4.33. The maximum atomic E-state index is 5.35. The van der Waals surface area contributed by atoms with E-state index >= 15 is 0 Å². The number of hydrogen-bond donors (Lipinski definition) is 1. The predicted molar refractivity (Wildman–Crippen MR) is 65.4 cm³/mol. The summed E-state index contributed by atoms with van der Waals surface area (Å²) in [7, 11) is 1.66. The summed E-state index contributed by atoms with van der Waals surface area (Å²) >= 11 is 0. The lowest BCUT2D eigenvalue weighted by atomic mass is 10.1. The molecule has 5 heteroatoms. The molecule has 17 heavy (non-hydrogen) atoms. The lowest BCUT2D eigenvalue weighted by Crippen LogP contribution is -2.19. The Balaban J connectivity index is 2.52. The van der Waals surface area contributed by atoms with E-state index in [1.54, 1.807) is 7.11 Å². The molecule has 5 nitrogen and oxygen atoms in total. The molecule has 0 aliphatic carbocycles. The smallest absolute Gasteiger partial charge is 0.240 e. The SMILES string of the molecule is COC(c1noc(CNCC(C)C)n1)C(C)C. The molecule has 0 bridgehead atoms. The van der Waals surface area contributed by atoms with Gasteiger partial charge in [0.2, 0.25) is 11.7 Å². The molecule has 1 rings (SSSR count). The van der Waals surface area contributed by atoms with Crippen LogP contribution in [0.1, 0.15) is 45.5 Å². The Morgan fingerprint density at radius 2 is 2.00 bits per heavy atom. The maximum absolute atomic E-state index is 5.35. The van der Waals surface area contributed by atoms with Crippen molar-refractivity contribution in [2.24, 2.45) is 11.8 Å². The molecule has 0 saturated heterocycles. The molecule has 0 fully saturated rings. The van der Waals surface area contributed by atoms with E-state index in [4.69, 9.17) is 9.26 Å². The molecule has 1 unspecified atom stereocenters. The van der Waals surface area contributed by atoms with Gasteiger partial charge in [-0.15, -0.1) is 0 Å².